The lowest BCUT2D eigenvalue weighted by Gasteiger charge is -2.45. The molecule has 1 aromatic heterocycles. The second-order valence-electron chi connectivity index (χ2n) is 17.3. The first-order valence-corrected chi connectivity index (χ1v) is 19.9. The van der Waals surface area contributed by atoms with Crippen LogP contribution in [0.5, 0.6) is 0 Å². The van der Waals surface area contributed by atoms with E-state index in [1.54, 1.807) is 0 Å². The van der Waals surface area contributed by atoms with Crippen LogP contribution in [0.1, 0.15) is 104 Å². The number of nitrogens with zero attached hydrogens (tertiary/aromatic N) is 5. The van der Waals surface area contributed by atoms with Crippen LogP contribution >= 0.6 is 0 Å². The summed E-state index contributed by atoms with van der Waals surface area (Å²) in [6.07, 6.45) is 4.90. The van der Waals surface area contributed by atoms with Crippen LogP contribution < -0.4 is 10.6 Å². The second kappa shape index (κ2) is 16.2. The van der Waals surface area contributed by atoms with Crippen molar-refractivity contribution < 1.29 is 32.3 Å². The van der Waals surface area contributed by atoms with Crippen molar-refractivity contribution in [3.05, 3.63) is 30.1 Å². The number of hydrogen-bond donors (Lipinski definition) is 2. The third-order valence-corrected chi connectivity index (χ3v) is 12.4. The molecule has 2 N–H and O–H groups in total. The summed E-state index contributed by atoms with van der Waals surface area (Å²) >= 11 is 0. The molecule has 0 bridgehead atoms. The molecule has 2 saturated carbocycles. The second-order valence-corrected chi connectivity index (χ2v) is 17.3. The van der Waals surface area contributed by atoms with Crippen LogP contribution in [0.3, 0.4) is 0 Å². The van der Waals surface area contributed by atoms with E-state index in [9.17, 15) is 27.6 Å². The van der Waals surface area contributed by atoms with Gasteiger partial charge in [0.25, 0.3) is 0 Å². The molecule has 4 aliphatic rings. The average Bonchev–Trinajstić information content (AvgIpc) is 3.49. The molecule has 2 saturated heterocycles. The number of carbonyl (C=O) groups is 3. The molecule has 0 radical (unpaired) electrons. The Balaban J connectivity index is 1.08. The minimum Gasteiger partial charge on any atom is -0.444 e. The highest BCUT2D eigenvalue weighted by molar-refractivity contribution is 5.93. The first-order valence-electron chi connectivity index (χ1n) is 19.9. The number of alkyl halides is 3. The van der Waals surface area contributed by atoms with Crippen LogP contribution in [-0.4, -0.2) is 105 Å². The number of carbonyl (C=O) groups excluding carboxylic acids is 3. The maximum atomic E-state index is 14.0. The van der Waals surface area contributed by atoms with Crippen molar-refractivity contribution >= 4 is 34.6 Å². The van der Waals surface area contributed by atoms with Crippen LogP contribution in [0.2, 0.25) is 0 Å². The topological polar surface area (TPSA) is 120 Å². The molecule has 54 heavy (non-hydrogen) atoms. The van der Waals surface area contributed by atoms with E-state index in [2.05, 4.69) is 46.4 Å². The molecule has 3 amide bonds. The Kier molecular flexibility index (Phi) is 12.0. The van der Waals surface area contributed by atoms with E-state index < -0.39 is 23.4 Å². The lowest BCUT2D eigenvalue weighted by molar-refractivity contribution is -0.137. The predicted octanol–water partition coefficient (Wildman–Crippen LogP) is 6.86. The molecule has 2 aromatic rings. The maximum Gasteiger partial charge on any atom is 0.416 e. The molecule has 1 aromatic carbocycles. The van der Waals surface area contributed by atoms with E-state index in [0.717, 1.165) is 69.9 Å². The molecule has 3 heterocycles. The quantitative estimate of drug-likeness (QED) is 0.300. The summed E-state index contributed by atoms with van der Waals surface area (Å²) in [6, 6.07) is 2.87. The minimum absolute atomic E-state index is 0.0605. The smallest absolute Gasteiger partial charge is 0.416 e. The first kappa shape index (κ1) is 40.0. The van der Waals surface area contributed by atoms with Gasteiger partial charge in [-0.3, -0.25) is 9.59 Å². The molecular weight excluding hydrogens is 699 g/mol. The van der Waals surface area contributed by atoms with E-state index in [0.29, 0.717) is 49.4 Å². The summed E-state index contributed by atoms with van der Waals surface area (Å²) in [7, 11) is 2.12. The van der Waals surface area contributed by atoms with Crippen molar-refractivity contribution in [1.29, 1.82) is 0 Å². The Morgan fingerprint density at radius 1 is 0.926 bits per heavy atom. The van der Waals surface area contributed by atoms with Crippen molar-refractivity contribution in [2.75, 3.05) is 32.0 Å². The van der Waals surface area contributed by atoms with Gasteiger partial charge in [-0.05, 0) is 136 Å². The Labute approximate surface area is 317 Å². The zero-order valence-corrected chi connectivity index (χ0v) is 32.6. The number of piperidine rings is 1. The molecule has 0 spiro atoms. The van der Waals surface area contributed by atoms with Gasteiger partial charge >= 0.3 is 12.3 Å². The highest BCUT2D eigenvalue weighted by atomic mass is 19.4. The summed E-state index contributed by atoms with van der Waals surface area (Å²) in [4.78, 5) is 55.0. The molecule has 11 nitrogen and oxygen atoms in total. The van der Waals surface area contributed by atoms with Gasteiger partial charge in [0.1, 0.15) is 23.8 Å². The number of anilines is 1. The van der Waals surface area contributed by atoms with E-state index in [-0.39, 0.29) is 53.2 Å². The monoisotopic (exact) mass is 757 g/mol. The summed E-state index contributed by atoms with van der Waals surface area (Å²) in [5.74, 6) is 1.13. The fourth-order valence-corrected chi connectivity index (χ4v) is 9.16. The van der Waals surface area contributed by atoms with Gasteiger partial charge in [0.15, 0.2) is 0 Å². The minimum atomic E-state index is -4.52. The van der Waals surface area contributed by atoms with Gasteiger partial charge < -0.3 is 30.1 Å². The van der Waals surface area contributed by atoms with Gasteiger partial charge in [0, 0.05) is 43.0 Å². The fraction of sp³-hybridized carbons (Fsp3) is 0.725. The Bertz CT molecular complexity index is 1650. The van der Waals surface area contributed by atoms with Gasteiger partial charge in [0.05, 0.1) is 23.2 Å². The largest absolute Gasteiger partial charge is 0.444 e. The molecule has 0 unspecified atom stereocenters. The van der Waals surface area contributed by atoms with Crippen LogP contribution in [0.25, 0.3) is 10.9 Å². The number of aromatic nitrogens is 2. The molecular formula is C40H58F3N7O4. The number of hydrogen-bond acceptors (Lipinski definition) is 8. The summed E-state index contributed by atoms with van der Waals surface area (Å²) in [5, 5.41) is 6.79. The van der Waals surface area contributed by atoms with Gasteiger partial charge in [-0.1, -0.05) is 0 Å². The van der Waals surface area contributed by atoms with Crippen LogP contribution in [0, 0.1) is 17.8 Å². The fourth-order valence-electron chi connectivity index (χ4n) is 9.16. The van der Waals surface area contributed by atoms with Crippen molar-refractivity contribution in [1.82, 2.24) is 30.0 Å². The predicted molar refractivity (Wildman–Crippen MR) is 201 cm³/mol. The molecule has 6 rings (SSSR count). The van der Waals surface area contributed by atoms with Crippen molar-refractivity contribution in [2.45, 2.75) is 141 Å². The van der Waals surface area contributed by atoms with Crippen molar-refractivity contribution in [2.24, 2.45) is 17.8 Å². The summed E-state index contributed by atoms with van der Waals surface area (Å²) < 4.78 is 46.2. The Morgan fingerprint density at radius 3 is 2.26 bits per heavy atom. The number of nitrogens with one attached hydrogen (secondary N) is 2. The number of likely N-dealkylation sites (tertiary alicyclic amines) is 2. The van der Waals surface area contributed by atoms with Crippen LogP contribution in [-0.2, 0) is 20.5 Å². The van der Waals surface area contributed by atoms with Gasteiger partial charge in [-0.2, -0.15) is 13.2 Å². The molecule has 298 valence electrons. The third-order valence-electron chi connectivity index (χ3n) is 12.4. The number of halogens is 3. The summed E-state index contributed by atoms with van der Waals surface area (Å²) in [5.41, 5.74) is -0.956. The van der Waals surface area contributed by atoms with Gasteiger partial charge in [0.2, 0.25) is 11.8 Å². The van der Waals surface area contributed by atoms with E-state index in [1.807, 2.05) is 30.6 Å². The van der Waals surface area contributed by atoms with Crippen LogP contribution in [0.15, 0.2) is 24.5 Å². The summed E-state index contributed by atoms with van der Waals surface area (Å²) in [6.45, 7) is 11.9. The maximum absolute atomic E-state index is 14.0. The molecule has 2 aliphatic carbocycles. The zero-order chi connectivity index (χ0) is 38.9. The molecule has 4 fully saturated rings. The van der Waals surface area contributed by atoms with Gasteiger partial charge in [-0.15, -0.1) is 0 Å². The zero-order valence-electron chi connectivity index (χ0n) is 32.6. The number of amides is 3. The average molecular weight is 758 g/mol. The van der Waals surface area contributed by atoms with E-state index in [4.69, 9.17) is 4.74 Å². The van der Waals surface area contributed by atoms with E-state index in [1.165, 1.54) is 12.4 Å². The number of fused-ring (bicyclic) bond motifs is 1. The Morgan fingerprint density at radius 2 is 1.61 bits per heavy atom. The standard InChI is InChI=1S/C40H58F3N7O4/c1-24(2)48(6)29-12-14-34(50-20-17-32(37(50)52)46-35-30-21-28(40(41,42)43)11-13-31(30)44-23-45-35)33(22-29)47-36(51)27-9-7-25(8-10-27)26-15-18-49(19-16-26)38(53)54-39(3,4)5/h11,13,21,23-27,29,32-34H,7-10,12,14-20,22H2,1-6H3,(H,47,51)(H,44,45,46)/t25?,27?,29-,32+,33-,34+/m1/s1. The highest BCUT2D eigenvalue weighted by Crippen LogP contribution is 2.39. The number of rotatable bonds is 8. The molecule has 4 atom stereocenters. The molecule has 14 heteroatoms. The first-order chi connectivity index (χ1) is 25.5. The Hall–Kier alpha value is -3.68. The third kappa shape index (κ3) is 9.22. The number of benzene rings is 1. The normalized spacial score (nSPS) is 27.5. The van der Waals surface area contributed by atoms with Crippen molar-refractivity contribution in [3.63, 3.8) is 0 Å². The lowest BCUT2D eigenvalue weighted by atomic mass is 9.72. The van der Waals surface area contributed by atoms with Gasteiger partial charge in [-0.25, -0.2) is 14.8 Å². The number of ether oxygens (including phenoxy) is 1. The van der Waals surface area contributed by atoms with Crippen LogP contribution in [0.4, 0.5) is 23.8 Å². The van der Waals surface area contributed by atoms with Crippen molar-refractivity contribution in [3.8, 4) is 0 Å². The molecule has 2 aliphatic heterocycles. The highest BCUT2D eigenvalue weighted by Gasteiger charge is 2.44. The SMILES string of the molecule is CC(C)N(C)[C@@H]1CC[C@H](N2CC[C@H](Nc3ncnc4ccc(C(F)(F)F)cc34)C2=O)[C@H](NC(=O)C2CCC(C3CCN(C(=O)OC(C)(C)C)CC3)CC2)C1. The lowest BCUT2D eigenvalue weighted by Crippen LogP contribution is -2.59. The van der Waals surface area contributed by atoms with E-state index >= 15 is 0 Å².